The van der Waals surface area contributed by atoms with Gasteiger partial charge in [-0.05, 0) is 47.4 Å². The highest BCUT2D eigenvalue weighted by Gasteiger charge is 2.23. The molecular weight excluding hydrogens is 456 g/mol. The summed E-state index contributed by atoms with van der Waals surface area (Å²) in [6.45, 7) is 4.60. The zero-order valence-electron chi connectivity index (χ0n) is 20.1. The first-order chi connectivity index (χ1) is 17.7. The summed E-state index contributed by atoms with van der Waals surface area (Å²) in [7, 11) is 0. The lowest BCUT2D eigenvalue weighted by molar-refractivity contribution is 0.122. The van der Waals surface area contributed by atoms with Gasteiger partial charge in [-0.25, -0.2) is 14.6 Å². The molecule has 36 heavy (non-hydrogen) atoms. The van der Waals surface area contributed by atoms with Crippen molar-refractivity contribution in [3.05, 3.63) is 83.6 Å². The quantitative estimate of drug-likeness (QED) is 0.509. The van der Waals surface area contributed by atoms with E-state index in [0.29, 0.717) is 26.1 Å². The Labute approximate surface area is 210 Å². The van der Waals surface area contributed by atoms with Gasteiger partial charge in [0.25, 0.3) is 0 Å². The van der Waals surface area contributed by atoms with Gasteiger partial charge in [0.05, 0.1) is 13.2 Å². The van der Waals surface area contributed by atoms with Crippen LogP contribution >= 0.6 is 0 Å². The molecular formula is C27H30N6O3. The Kier molecular flexibility index (Phi) is 7.28. The van der Waals surface area contributed by atoms with Crippen molar-refractivity contribution in [1.82, 2.24) is 15.2 Å². The van der Waals surface area contributed by atoms with E-state index in [1.807, 2.05) is 66.9 Å². The van der Waals surface area contributed by atoms with Crippen molar-refractivity contribution in [2.75, 3.05) is 48.4 Å². The van der Waals surface area contributed by atoms with Gasteiger partial charge in [0, 0.05) is 50.3 Å². The number of fused-ring (bicyclic) bond motifs is 1. The van der Waals surface area contributed by atoms with Gasteiger partial charge in [-0.1, -0.05) is 36.4 Å². The minimum atomic E-state index is -0.289. The van der Waals surface area contributed by atoms with Crippen LogP contribution in [-0.4, -0.2) is 54.8 Å². The highest BCUT2D eigenvalue weighted by Crippen LogP contribution is 2.26. The van der Waals surface area contributed by atoms with Crippen LogP contribution in [0.1, 0.15) is 16.7 Å². The number of para-hydroxylation sites is 1. The van der Waals surface area contributed by atoms with Crippen LogP contribution in [0.4, 0.5) is 26.8 Å². The molecule has 3 heterocycles. The average Bonchev–Trinajstić information content (AvgIpc) is 2.93. The predicted molar refractivity (Wildman–Crippen MR) is 139 cm³/mol. The second-order valence-corrected chi connectivity index (χ2v) is 8.84. The highest BCUT2D eigenvalue weighted by molar-refractivity contribution is 6.00. The Hall–Kier alpha value is -4.11. The predicted octanol–water partition coefficient (Wildman–Crippen LogP) is 3.83. The van der Waals surface area contributed by atoms with E-state index in [1.165, 1.54) is 0 Å². The minimum Gasteiger partial charge on any atom is -0.378 e. The van der Waals surface area contributed by atoms with Crippen LogP contribution in [0.3, 0.4) is 0 Å². The van der Waals surface area contributed by atoms with Gasteiger partial charge in [-0.2, -0.15) is 0 Å². The van der Waals surface area contributed by atoms with Gasteiger partial charge in [0.2, 0.25) is 0 Å². The Balaban J connectivity index is 1.14. The number of aromatic nitrogens is 1. The number of hydrogen-bond acceptors (Lipinski definition) is 5. The van der Waals surface area contributed by atoms with E-state index in [0.717, 1.165) is 60.2 Å². The monoisotopic (exact) mass is 486 g/mol. The molecule has 2 aliphatic heterocycles. The fourth-order valence-corrected chi connectivity index (χ4v) is 4.50. The molecule has 2 aliphatic rings. The van der Waals surface area contributed by atoms with E-state index in [1.54, 1.807) is 4.90 Å². The number of morpholine rings is 1. The van der Waals surface area contributed by atoms with Crippen molar-refractivity contribution in [3.63, 3.8) is 0 Å². The summed E-state index contributed by atoms with van der Waals surface area (Å²) in [5, 5.41) is 8.80. The molecule has 3 N–H and O–H groups in total. The first kappa shape index (κ1) is 23.6. The number of ether oxygens (including phenoxy) is 1. The lowest BCUT2D eigenvalue weighted by atomic mass is 9.98. The van der Waals surface area contributed by atoms with Crippen molar-refractivity contribution in [1.29, 1.82) is 0 Å². The number of amides is 4. The maximum absolute atomic E-state index is 12.9. The molecule has 0 spiro atoms. The molecule has 4 amide bonds. The number of hydrogen-bond donors (Lipinski definition) is 3. The fraction of sp³-hybridized carbons (Fsp3) is 0.296. The molecule has 1 saturated heterocycles. The lowest BCUT2D eigenvalue weighted by Crippen LogP contribution is -2.42. The number of pyridine rings is 1. The number of rotatable bonds is 5. The molecule has 0 unspecified atom stereocenters. The van der Waals surface area contributed by atoms with Crippen molar-refractivity contribution in [2.24, 2.45) is 0 Å². The largest absolute Gasteiger partial charge is 0.378 e. The fourth-order valence-electron chi connectivity index (χ4n) is 4.50. The Morgan fingerprint density at radius 3 is 2.53 bits per heavy atom. The van der Waals surface area contributed by atoms with Gasteiger partial charge < -0.3 is 30.5 Å². The highest BCUT2D eigenvalue weighted by atomic mass is 16.5. The summed E-state index contributed by atoms with van der Waals surface area (Å²) in [6, 6.07) is 18.7. The molecule has 3 aromatic rings. The average molecular weight is 487 g/mol. The summed E-state index contributed by atoms with van der Waals surface area (Å²) in [5.41, 5.74) is 4.55. The van der Waals surface area contributed by atoms with Gasteiger partial charge >= 0.3 is 12.1 Å². The van der Waals surface area contributed by atoms with Crippen LogP contribution in [0, 0.1) is 0 Å². The van der Waals surface area contributed by atoms with Crippen LogP contribution in [0.15, 0.2) is 66.9 Å². The molecule has 1 aromatic heterocycles. The summed E-state index contributed by atoms with van der Waals surface area (Å²) in [4.78, 5) is 33.9. The second-order valence-electron chi connectivity index (χ2n) is 8.84. The summed E-state index contributed by atoms with van der Waals surface area (Å²) in [5.74, 6) is 0.933. The Bertz CT molecular complexity index is 1200. The van der Waals surface area contributed by atoms with E-state index in [4.69, 9.17) is 4.74 Å². The van der Waals surface area contributed by atoms with E-state index in [-0.39, 0.29) is 12.1 Å². The molecule has 0 aliphatic carbocycles. The number of carbonyl (C=O) groups is 2. The summed E-state index contributed by atoms with van der Waals surface area (Å²) < 4.78 is 5.39. The number of nitrogens with zero attached hydrogens (tertiary/aromatic N) is 3. The molecule has 5 rings (SSSR count). The maximum Gasteiger partial charge on any atom is 0.323 e. The van der Waals surface area contributed by atoms with E-state index < -0.39 is 0 Å². The van der Waals surface area contributed by atoms with Crippen LogP contribution in [0.2, 0.25) is 0 Å². The summed E-state index contributed by atoms with van der Waals surface area (Å²) >= 11 is 0. The minimum absolute atomic E-state index is 0.113. The van der Waals surface area contributed by atoms with Gasteiger partial charge in [-0.15, -0.1) is 0 Å². The third-order valence-corrected chi connectivity index (χ3v) is 6.42. The molecule has 2 aromatic carbocycles. The van der Waals surface area contributed by atoms with Gasteiger partial charge in [0.15, 0.2) is 0 Å². The Morgan fingerprint density at radius 2 is 1.75 bits per heavy atom. The lowest BCUT2D eigenvalue weighted by Gasteiger charge is -2.30. The molecule has 186 valence electrons. The van der Waals surface area contributed by atoms with Crippen molar-refractivity contribution >= 4 is 29.3 Å². The second kappa shape index (κ2) is 11.1. The van der Waals surface area contributed by atoms with Gasteiger partial charge in [-0.3, -0.25) is 0 Å². The first-order valence-corrected chi connectivity index (χ1v) is 12.2. The van der Waals surface area contributed by atoms with Crippen LogP contribution < -0.4 is 20.9 Å². The first-order valence-electron chi connectivity index (χ1n) is 12.2. The molecule has 0 atom stereocenters. The number of nitrogens with one attached hydrogen (secondary N) is 3. The van der Waals surface area contributed by atoms with Crippen LogP contribution in [-0.2, 0) is 24.2 Å². The van der Waals surface area contributed by atoms with Crippen molar-refractivity contribution < 1.29 is 14.3 Å². The Morgan fingerprint density at radius 1 is 0.917 bits per heavy atom. The topological polar surface area (TPSA) is 98.8 Å². The van der Waals surface area contributed by atoms with Crippen molar-refractivity contribution in [2.45, 2.75) is 19.5 Å². The van der Waals surface area contributed by atoms with Crippen LogP contribution in [0.25, 0.3) is 0 Å². The third-order valence-electron chi connectivity index (χ3n) is 6.42. The smallest absolute Gasteiger partial charge is 0.323 e. The maximum atomic E-state index is 12.9. The molecule has 9 heteroatoms. The van der Waals surface area contributed by atoms with Crippen molar-refractivity contribution in [3.8, 4) is 0 Å². The zero-order valence-corrected chi connectivity index (χ0v) is 20.1. The van der Waals surface area contributed by atoms with E-state index in [2.05, 4.69) is 25.8 Å². The molecule has 0 radical (unpaired) electrons. The molecule has 9 nitrogen and oxygen atoms in total. The molecule has 0 saturated carbocycles. The standard InChI is InChI=1S/C27H30N6O3/c34-26(30-22-6-2-1-3-7-22)31-24-8-4-5-21-19-33(12-11-23(21)24)27(35)29-18-20-9-10-25(28-17-20)32-13-15-36-16-14-32/h1-10,17H,11-16,18-19H2,(H,29,35)(H2,30,31,34). The SMILES string of the molecule is O=C(Nc1ccccc1)Nc1cccc2c1CCN(C(=O)NCc1ccc(N3CCOCC3)nc1)C2. The third kappa shape index (κ3) is 5.75. The number of benzene rings is 2. The number of anilines is 3. The van der Waals surface area contributed by atoms with E-state index in [9.17, 15) is 9.59 Å². The number of carbonyl (C=O) groups excluding carboxylic acids is 2. The number of urea groups is 2. The van der Waals surface area contributed by atoms with Crippen LogP contribution in [0.5, 0.6) is 0 Å². The summed E-state index contributed by atoms with van der Waals surface area (Å²) in [6.07, 6.45) is 2.48. The normalized spacial score (nSPS) is 15.1. The molecule has 0 bridgehead atoms. The van der Waals surface area contributed by atoms with E-state index >= 15 is 0 Å². The zero-order chi connectivity index (χ0) is 24.7. The molecule has 1 fully saturated rings. The van der Waals surface area contributed by atoms with Gasteiger partial charge in [0.1, 0.15) is 5.82 Å².